The van der Waals surface area contributed by atoms with Crippen molar-refractivity contribution in [3.8, 4) is 0 Å². The van der Waals surface area contributed by atoms with E-state index in [2.05, 4.69) is 39.7 Å². The third-order valence-electron chi connectivity index (χ3n) is 4.41. The van der Waals surface area contributed by atoms with Gasteiger partial charge in [0.25, 0.3) is 5.91 Å². The lowest BCUT2D eigenvalue weighted by molar-refractivity contribution is 0.0949. The van der Waals surface area contributed by atoms with E-state index in [1.54, 1.807) is 24.4 Å². The zero-order valence-electron chi connectivity index (χ0n) is 16.2. The second-order valence-electron chi connectivity index (χ2n) is 6.80. The lowest BCUT2D eigenvalue weighted by Crippen LogP contribution is -2.26. The van der Waals surface area contributed by atoms with E-state index in [0.29, 0.717) is 24.6 Å². The molecule has 0 saturated heterocycles. The molecule has 0 aliphatic heterocycles. The number of anilines is 2. The molecule has 0 spiro atoms. The van der Waals surface area contributed by atoms with Crippen molar-refractivity contribution in [3.05, 3.63) is 82.4 Å². The third kappa shape index (κ3) is 4.91. The maximum atomic E-state index is 12.9. The molecule has 0 unspecified atom stereocenters. The molecule has 1 aromatic heterocycles. The van der Waals surface area contributed by atoms with Gasteiger partial charge in [-0.25, -0.2) is 14.4 Å². The molecule has 0 fully saturated rings. The minimum Gasteiger partial charge on any atom is -0.350 e. The number of hydrogen-bond donors (Lipinski definition) is 2. The standard InChI is InChI=1S/C22H23FN4O/c1-14-12-15(2)20(16(3)13-14)27-22-25-11-9-19(26-22)21(28)24-10-8-17-4-6-18(23)7-5-17/h4-7,9,11-13H,8,10H2,1-3H3,(H,24,28)(H,25,26,27). The van der Waals surface area contributed by atoms with Crippen LogP contribution < -0.4 is 10.6 Å². The molecule has 6 heteroatoms. The first-order valence-corrected chi connectivity index (χ1v) is 9.13. The lowest BCUT2D eigenvalue weighted by atomic mass is 10.1. The summed E-state index contributed by atoms with van der Waals surface area (Å²) in [5.74, 6) is -0.168. The SMILES string of the molecule is Cc1cc(C)c(Nc2nccc(C(=O)NCCc3ccc(F)cc3)n2)c(C)c1. The van der Waals surface area contributed by atoms with Crippen LogP contribution in [-0.2, 0) is 6.42 Å². The second-order valence-corrected chi connectivity index (χ2v) is 6.80. The van der Waals surface area contributed by atoms with Gasteiger partial charge < -0.3 is 10.6 Å². The number of carbonyl (C=O) groups excluding carboxylic acids is 1. The van der Waals surface area contributed by atoms with Crippen molar-refractivity contribution in [2.24, 2.45) is 0 Å². The van der Waals surface area contributed by atoms with Gasteiger partial charge in [0.1, 0.15) is 11.5 Å². The van der Waals surface area contributed by atoms with Crippen LogP contribution in [0.5, 0.6) is 0 Å². The Morgan fingerprint density at radius 2 is 1.71 bits per heavy atom. The topological polar surface area (TPSA) is 66.9 Å². The minimum atomic E-state index is -0.273. The third-order valence-corrected chi connectivity index (χ3v) is 4.41. The molecule has 0 aliphatic rings. The Kier molecular flexibility index (Phi) is 5.99. The molecule has 1 heterocycles. The highest BCUT2D eigenvalue weighted by Crippen LogP contribution is 2.24. The molecular weight excluding hydrogens is 355 g/mol. The van der Waals surface area contributed by atoms with Crippen LogP contribution in [0.15, 0.2) is 48.7 Å². The van der Waals surface area contributed by atoms with Gasteiger partial charge in [0.05, 0.1) is 0 Å². The molecule has 2 N–H and O–H groups in total. The van der Waals surface area contributed by atoms with E-state index in [1.165, 1.54) is 17.7 Å². The van der Waals surface area contributed by atoms with Crippen molar-refractivity contribution in [1.82, 2.24) is 15.3 Å². The number of nitrogens with zero attached hydrogens (tertiary/aromatic N) is 2. The van der Waals surface area contributed by atoms with Crippen molar-refractivity contribution in [2.75, 3.05) is 11.9 Å². The summed E-state index contributed by atoms with van der Waals surface area (Å²) in [6.45, 7) is 6.53. The summed E-state index contributed by atoms with van der Waals surface area (Å²) >= 11 is 0. The highest BCUT2D eigenvalue weighted by molar-refractivity contribution is 5.92. The molecule has 2 aromatic carbocycles. The van der Waals surface area contributed by atoms with Crippen LogP contribution in [0, 0.1) is 26.6 Å². The summed E-state index contributed by atoms with van der Waals surface area (Å²) < 4.78 is 12.9. The predicted octanol–water partition coefficient (Wildman–Crippen LogP) is 4.26. The average Bonchev–Trinajstić information content (AvgIpc) is 2.66. The van der Waals surface area contributed by atoms with Crippen LogP contribution >= 0.6 is 0 Å². The summed E-state index contributed by atoms with van der Waals surface area (Å²) in [5, 5.41) is 6.05. The fourth-order valence-corrected chi connectivity index (χ4v) is 3.10. The lowest BCUT2D eigenvalue weighted by Gasteiger charge is -2.13. The van der Waals surface area contributed by atoms with Crippen LogP contribution in [0.1, 0.15) is 32.7 Å². The van der Waals surface area contributed by atoms with E-state index >= 15 is 0 Å². The van der Waals surface area contributed by atoms with E-state index in [4.69, 9.17) is 0 Å². The molecule has 0 radical (unpaired) electrons. The number of aromatic nitrogens is 2. The molecular formula is C22H23FN4O. The number of halogens is 1. The van der Waals surface area contributed by atoms with Gasteiger partial charge in [-0.1, -0.05) is 29.8 Å². The highest BCUT2D eigenvalue weighted by Gasteiger charge is 2.10. The van der Waals surface area contributed by atoms with E-state index in [1.807, 2.05) is 13.8 Å². The number of benzene rings is 2. The quantitative estimate of drug-likeness (QED) is 0.673. The van der Waals surface area contributed by atoms with Crippen LogP contribution in [0.2, 0.25) is 0 Å². The van der Waals surface area contributed by atoms with E-state index in [0.717, 1.165) is 22.4 Å². The number of hydrogen-bond acceptors (Lipinski definition) is 4. The van der Waals surface area contributed by atoms with Crippen molar-refractivity contribution < 1.29 is 9.18 Å². The monoisotopic (exact) mass is 378 g/mol. The Balaban J connectivity index is 1.64. The van der Waals surface area contributed by atoms with Crippen LogP contribution in [0.3, 0.4) is 0 Å². The average molecular weight is 378 g/mol. The number of amides is 1. The summed E-state index contributed by atoms with van der Waals surface area (Å²) in [7, 11) is 0. The van der Waals surface area contributed by atoms with Crippen LogP contribution in [0.25, 0.3) is 0 Å². The molecule has 3 aromatic rings. The zero-order valence-corrected chi connectivity index (χ0v) is 16.2. The van der Waals surface area contributed by atoms with Gasteiger partial charge in [0.2, 0.25) is 5.95 Å². The molecule has 0 atom stereocenters. The molecule has 0 saturated carbocycles. The van der Waals surface area contributed by atoms with E-state index in [-0.39, 0.29) is 11.7 Å². The smallest absolute Gasteiger partial charge is 0.270 e. The van der Waals surface area contributed by atoms with Crippen molar-refractivity contribution >= 4 is 17.5 Å². The molecule has 1 amide bonds. The summed E-state index contributed by atoms with van der Waals surface area (Å²) in [5.41, 5.74) is 5.57. The molecule has 144 valence electrons. The van der Waals surface area contributed by atoms with Gasteiger partial charge >= 0.3 is 0 Å². The predicted molar refractivity (Wildman–Crippen MR) is 108 cm³/mol. The van der Waals surface area contributed by atoms with Crippen molar-refractivity contribution in [2.45, 2.75) is 27.2 Å². The number of aryl methyl sites for hydroxylation is 3. The maximum Gasteiger partial charge on any atom is 0.270 e. The van der Waals surface area contributed by atoms with Gasteiger partial charge in [0, 0.05) is 18.4 Å². The van der Waals surface area contributed by atoms with E-state index in [9.17, 15) is 9.18 Å². The first-order valence-electron chi connectivity index (χ1n) is 9.13. The first kappa shape index (κ1) is 19.5. The molecule has 0 bridgehead atoms. The van der Waals surface area contributed by atoms with Crippen LogP contribution in [-0.4, -0.2) is 22.4 Å². The Labute approximate surface area is 164 Å². The molecule has 3 rings (SSSR count). The van der Waals surface area contributed by atoms with E-state index < -0.39 is 0 Å². The van der Waals surface area contributed by atoms with Gasteiger partial charge in [0.15, 0.2) is 0 Å². The Bertz CT molecular complexity index is 963. The van der Waals surface area contributed by atoms with Crippen LogP contribution in [0.4, 0.5) is 16.0 Å². The fraction of sp³-hybridized carbons (Fsp3) is 0.227. The number of rotatable bonds is 6. The largest absolute Gasteiger partial charge is 0.350 e. The zero-order chi connectivity index (χ0) is 20.1. The Morgan fingerprint density at radius 3 is 2.39 bits per heavy atom. The van der Waals surface area contributed by atoms with Crippen molar-refractivity contribution in [1.29, 1.82) is 0 Å². The molecule has 5 nitrogen and oxygen atoms in total. The van der Waals surface area contributed by atoms with Gasteiger partial charge in [-0.15, -0.1) is 0 Å². The minimum absolute atomic E-state index is 0.271. The molecule has 0 aliphatic carbocycles. The van der Waals surface area contributed by atoms with Gasteiger partial charge in [-0.2, -0.15) is 0 Å². The normalized spacial score (nSPS) is 10.6. The fourth-order valence-electron chi connectivity index (χ4n) is 3.10. The Morgan fingerprint density at radius 1 is 1.04 bits per heavy atom. The summed E-state index contributed by atoms with van der Waals surface area (Å²) in [4.78, 5) is 20.9. The summed E-state index contributed by atoms with van der Waals surface area (Å²) in [6.07, 6.45) is 2.17. The van der Waals surface area contributed by atoms with Gasteiger partial charge in [-0.3, -0.25) is 4.79 Å². The molecule has 28 heavy (non-hydrogen) atoms. The Hall–Kier alpha value is -3.28. The highest BCUT2D eigenvalue weighted by atomic mass is 19.1. The van der Waals surface area contributed by atoms with Crippen molar-refractivity contribution in [3.63, 3.8) is 0 Å². The first-order chi connectivity index (χ1) is 13.4. The second kappa shape index (κ2) is 8.61. The van der Waals surface area contributed by atoms with Gasteiger partial charge in [-0.05, 0) is 62.1 Å². The summed E-state index contributed by atoms with van der Waals surface area (Å²) in [6, 6.07) is 12.0. The number of nitrogens with one attached hydrogen (secondary N) is 2. The number of carbonyl (C=O) groups is 1. The maximum absolute atomic E-state index is 12.9.